The van der Waals surface area contributed by atoms with Gasteiger partial charge in [0.2, 0.25) is 0 Å². The van der Waals surface area contributed by atoms with Gasteiger partial charge in [0.15, 0.2) is 0 Å². The van der Waals surface area contributed by atoms with Crippen LogP contribution in [0.5, 0.6) is 0 Å². The molecule has 0 saturated carbocycles. The van der Waals surface area contributed by atoms with Crippen LogP contribution in [0.2, 0.25) is 0 Å². The number of carbonyl (C=O) groups excluding carboxylic acids is 2. The van der Waals surface area contributed by atoms with Crippen LogP contribution in [0.4, 0.5) is 0 Å². The van der Waals surface area contributed by atoms with Crippen LogP contribution in [0, 0.1) is 5.92 Å². The molecule has 0 aromatic heterocycles. The minimum atomic E-state index is -1.83. The van der Waals surface area contributed by atoms with Gasteiger partial charge in [-0.25, -0.2) is 9.59 Å². The first kappa shape index (κ1) is 24.8. The molecular weight excluding hydrogens is 368 g/mol. The molecule has 0 bridgehead atoms. The lowest BCUT2D eigenvalue weighted by molar-refractivity contribution is -0.177. The molecule has 8 nitrogen and oxygen atoms in total. The molecular formula is C20H36O8. The van der Waals surface area contributed by atoms with Gasteiger partial charge in [-0.05, 0) is 47.5 Å². The molecule has 0 spiro atoms. The van der Waals surface area contributed by atoms with Crippen LogP contribution in [-0.2, 0) is 38.0 Å². The molecule has 0 N–H and O–H groups in total. The van der Waals surface area contributed by atoms with Gasteiger partial charge in [0, 0.05) is 7.11 Å². The second kappa shape index (κ2) is 9.52. The lowest BCUT2D eigenvalue weighted by Gasteiger charge is -2.26. The van der Waals surface area contributed by atoms with Crippen molar-refractivity contribution in [3.63, 3.8) is 0 Å². The maximum absolute atomic E-state index is 12.9. The third-order valence-corrected chi connectivity index (χ3v) is 3.79. The summed E-state index contributed by atoms with van der Waals surface area (Å²) >= 11 is 0. The van der Waals surface area contributed by atoms with E-state index in [1.165, 1.54) is 0 Å². The van der Waals surface area contributed by atoms with Gasteiger partial charge >= 0.3 is 11.9 Å². The van der Waals surface area contributed by atoms with E-state index >= 15 is 0 Å². The topological polar surface area (TPSA) is 92.8 Å². The summed E-state index contributed by atoms with van der Waals surface area (Å²) in [5.41, 5.74) is -3.39. The smallest absolute Gasteiger partial charge is 0.353 e. The van der Waals surface area contributed by atoms with Crippen molar-refractivity contribution in [1.29, 1.82) is 0 Å². The van der Waals surface area contributed by atoms with Crippen molar-refractivity contribution >= 4 is 11.9 Å². The number of ether oxygens (including phenoxy) is 6. The largest absolute Gasteiger partial charge is 0.457 e. The summed E-state index contributed by atoms with van der Waals surface area (Å²) in [6, 6.07) is 0. The number of epoxide rings is 1. The molecule has 0 radical (unpaired) electrons. The molecule has 1 rings (SSSR count). The van der Waals surface area contributed by atoms with Gasteiger partial charge in [-0.3, -0.25) is 0 Å². The van der Waals surface area contributed by atoms with Crippen molar-refractivity contribution in [3.05, 3.63) is 0 Å². The summed E-state index contributed by atoms with van der Waals surface area (Å²) < 4.78 is 32.6. The zero-order chi connectivity index (χ0) is 21.8. The normalized spacial score (nSPS) is 20.0. The van der Waals surface area contributed by atoms with Gasteiger partial charge in [0.05, 0.1) is 19.3 Å². The Hall–Kier alpha value is -1.22. The molecule has 1 aliphatic rings. The molecule has 0 amide bonds. The van der Waals surface area contributed by atoms with Crippen LogP contribution in [0.1, 0.15) is 55.4 Å². The van der Waals surface area contributed by atoms with Gasteiger partial charge in [-0.15, -0.1) is 0 Å². The van der Waals surface area contributed by atoms with E-state index in [9.17, 15) is 9.59 Å². The van der Waals surface area contributed by atoms with Crippen LogP contribution in [-0.4, -0.2) is 68.1 Å². The van der Waals surface area contributed by atoms with Crippen LogP contribution < -0.4 is 0 Å². The Morgan fingerprint density at radius 2 is 1.46 bits per heavy atom. The SMILES string of the molecule is COCCOCO[C@H](C(C)C)[C@@H]1OC1(C(=O)OC(C)(C)C)C(=O)OC(C)(C)C. The van der Waals surface area contributed by atoms with Gasteiger partial charge in [0.1, 0.15) is 24.1 Å². The molecule has 0 aromatic carbocycles. The van der Waals surface area contributed by atoms with E-state index in [1.807, 2.05) is 13.8 Å². The summed E-state index contributed by atoms with van der Waals surface area (Å²) in [6.07, 6.45) is -1.37. The molecule has 2 atom stereocenters. The van der Waals surface area contributed by atoms with E-state index in [0.717, 1.165) is 0 Å². The van der Waals surface area contributed by atoms with Gasteiger partial charge < -0.3 is 28.4 Å². The first-order chi connectivity index (χ1) is 12.7. The molecule has 1 aliphatic heterocycles. The molecule has 1 saturated heterocycles. The molecule has 28 heavy (non-hydrogen) atoms. The third kappa shape index (κ3) is 6.99. The monoisotopic (exact) mass is 404 g/mol. The summed E-state index contributed by atoms with van der Waals surface area (Å²) in [5.74, 6) is -1.58. The Morgan fingerprint density at radius 3 is 1.86 bits per heavy atom. The van der Waals surface area contributed by atoms with Crippen molar-refractivity contribution in [2.24, 2.45) is 5.92 Å². The van der Waals surface area contributed by atoms with Crippen molar-refractivity contribution in [2.45, 2.75) is 84.4 Å². The highest BCUT2D eigenvalue weighted by Gasteiger charge is 2.75. The highest BCUT2D eigenvalue weighted by atomic mass is 16.7. The van der Waals surface area contributed by atoms with Crippen molar-refractivity contribution in [3.8, 4) is 0 Å². The predicted molar refractivity (Wildman–Crippen MR) is 102 cm³/mol. The second-order valence-electron chi connectivity index (χ2n) is 9.17. The molecule has 164 valence electrons. The van der Waals surface area contributed by atoms with E-state index in [0.29, 0.717) is 13.2 Å². The summed E-state index contributed by atoms with van der Waals surface area (Å²) in [7, 11) is 1.58. The Balaban J connectivity index is 2.97. The van der Waals surface area contributed by atoms with Gasteiger partial charge in [-0.1, -0.05) is 13.8 Å². The number of hydrogen-bond acceptors (Lipinski definition) is 8. The van der Waals surface area contributed by atoms with E-state index in [2.05, 4.69) is 0 Å². The Kier molecular flexibility index (Phi) is 8.44. The van der Waals surface area contributed by atoms with Crippen LogP contribution >= 0.6 is 0 Å². The van der Waals surface area contributed by atoms with E-state index in [-0.39, 0.29) is 12.7 Å². The molecule has 0 aromatic rings. The second-order valence-corrected chi connectivity index (χ2v) is 9.17. The number of methoxy groups -OCH3 is 1. The van der Waals surface area contributed by atoms with E-state index in [4.69, 9.17) is 28.4 Å². The lowest BCUT2D eigenvalue weighted by atomic mass is 9.94. The van der Waals surface area contributed by atoms with E-state index < -0.39 is 40.9 Å². The fourth-order valence-electron chi connectivity index (χ4n) is 2.54. The standard InChI is InChI=1S/C20H36O8/c1-13(2)14(25-12-24-11-10-23-9)15-20(26-15,16(21)27-18(3,4)5)17(22)28-19(6,7)8/h13-15H,10-12H2,1-9H3/t14-,15+/m1/s1. The Morgan fingerprint density at radius 1 is 0.964 bits per heavy atom. The summed E-state index contributed by atoms with van der Waals surface area (Å²) in [4.78, 5) is 25.7. The fourth-order valence-corrected chi connectivity index (χ4v) is 2.54. The summed E-state index contributed by atoms with van der Waals surface area (Å²) in [5, 5.41) is 0. The van der Waals surface area contributed by atoms with E-state index in [1.54, 1.807) is 48.7 Å². The molecule has 8 heteroatoms. The highest BCUT2D eigenvalue weighted by Crippen LogP contribution is 2.45. The van der Waals surface area contributed by atoms with Crippen molar-refractivity contribution in [2.75, 3.05) is 27.1 Å². The maximum atomic E-state index is 12.9. The predicted octanol–water partition coefficient (Wildman–Crippen LogP) is 2.47. The average Bonchev–Trinajstić information content (AvgIpc) is 3.23. The van der Waals surface area contributed by atoms with Crippen LogP contribution in [0.25, 0.3) is 0 Å². The molecule has 0 aliphatic carbocycles. The van der Waals surface area contributed by atoms with Crippen LogP contribution in [0.15, 0.2) is 0 Å². The lowest BCUT2D eigenvalue weighted by Crippen LogP contribution is -2.48. The van der Waals surface area contributed by atoms with Crippen LogP contribution in [0.3, 0.4) is 0 Å². The Bertz CT molecular complexity index is 501. The number of rotatable bonds is 10. The zero-order valence-corrected chi connectivity index (χ0v) is 18.6. The molecule has 0 unspecified atom stereocenters. The van der Waals surface area contributed by atoms with Gasteiger partial charge in [0.25, 0.3) is 5.60 Å². The first-order valence-corrected chi connectivity index (χ1v) is 9.57. The highest BCUT2D eigenvalue weighted by molar-refractivity contribution is 6.07. The molecule has 1 heterocycles. The minimum absolute atomic E-state index is 0.00914. The summed E-state index contributed by atoms with van der Waals surface area (Å²) in [6.45, 7) is 15.0. The van der Waals surface area contributed by atoms with Gasteiger partial charge in [-0.2, -0.15) is 0 Å². The molecule has 1 fully saturated rings. The third-order valence-electron chi connectivity index (χ3n) is 3.79. The van der Waals surface area contributed by atoms with Crippen molar-refractivity contribution in [1.82, 2.24) is 0 Å². The Labute approximate surface area is 168 Å². The number of esters is 2. The number of carbonyl (C=O) groups is 2. The minimum Gasteiger partial charge on any atom is -0.457 e. The maximum Gasteiger partial charge on any atom is 0.353 e. The fraction of sp³-hybridized carbons (Fsp3) is 0.900. The number of hydrogen-bond donors (Lipinski definition) is 0. The van der Waals surface area contributed by atoms with Crippen molar-refractivity contribution < 1.29 is 38.0 Å². The average molecular weight is 405 g/mol. The first-order valence-electron chi connectivity index (χ1n) is 9.57. The zero-order valence-electron chi connectivity index (χ0n) is 18.6. The quantitative estimate of drug-likeness (QED) is 0.180.